The van der Waals surface area contributed by atoms with Gasteiger partial charge in [0.25, 0.3) is 5.91 Å². The minimum Gasteiger partial charge on any atom is -0.393 e. The largest absolute Gasteiger partial charge is 0.393 e. The van der Waals surface area contributed by atoms with Crippen LogP contribution in [-0.4, -0.2) is 64.3 Å². The van der Waals surface area contributed by atoms with E-state index in [4.69, 9.17) is 9.97 Å². The number of nitrogens with one attached hydrogen (secondary N) is 1. The van der Waals surface area contributed by atoms with Crippen LogP contribution in [0.1, 0.15) is 35.8 Å². The van der Waals surface area contributed by atoms with Gasteiger partial charge in [-0.05, 0) is 56.2 Å². The Balaban J connectivity index is 1.34. The number of carbonyl (C=O) groups is 1. The van der Waals surface area contributed by atoms with Crippen LogP contribution in [0.4, 0.5) is 5.82 Å². The van der Waals surface area contributed by atoms with Crippen LogP contribution < -0.4 is 10.2 Å². The number of carbonyl (C=O) groups excluding carboxylic acids is 1. The molecule has 38 heavy (non-hydrogen) atoms. The Hall–Kier alpha value is -3.96. The normalized spacial score (nSPS) is 17.9. The average molecular weight is 533 g/mol. The summed E-state index contributed by atoms with van der Waals surface area (Å²) in [5.74, 6) is 0.406. The summed E-state index contributed by atoms with van der Waals surface area (Å²) >= 11 is 0. The van der Waals surface area contributed by atoms with Crippen molar-refractivity contribution in [3.05, 3.63) is 72.3 Å². The van der Waals surface area contributed by atoms with Crippen molar-refractivity contribution in [1.82, 2.24) is 25.3 Å². The maximum absolute atomic E-state index is 12.6. The zero-order valence-electron chi connectivity index (χ0n) is 21.1. The lowest BCUT2D eigenvalue weighted by atomic mass is 10.0. The lowest BCUT2D eigenvalue weighted by Gasteiger charge is -2.36. The van der Waals surface area contributed by atoms with Gasteiger partial charge in [0, 0.05) is 42.8 Å². The highest BCUT2D eigenvalue weighted by molar-refractivity contribution is 7.90. The van der Waals surface area contributed by atoms with E-state index in [0.29, 0.717) is 23.3 Å². The SMILES string of the molecule is CC1CC(O)CCN1c1cccc(-c2ccc3cnc(CNC(=O)c4cncc(S(C)(=O)=O)c4)cc3n2)n1. The molecule has 1 aliphatic rings. The van der Waals surface area contributed by atoms with Gasteiger partial charge >= 0.3 is 0 Å². The standard InChI is InChI=1S/C27H28N6O4S/c1-17-10-21(34)8-9-33(17)26-5-3-4-23(32-26)24-7-6-18-14-29-20(12-25(18)31-24)15-30-27(35)19-11-22(16-28-13-19)38(2,36)37/h3-7,11-14,16-17,21,34H,8-10,15H2,1-2H3,(H,30,35). The van der Waals surface area contributed by atoms with Crippen molar-refractivity contribution in [2.24, 2.45) is 0 Å². The summed E-state index contributed by atoms with van der Waals surface area (Å²) in [7, 11) is -3.47. The molecule has 0 saturated carbocycles. The highest BCUT2D eigenvalue weighted by Crippen LogP contribution is 2.26. The van der Waals surface area contributed by atoms with E-state index in [0.717, 1.165) is 36.1 Å². The number of nitrogens with zero attached hydrogens (tertiary/aromatic N) is 5. The number of hydrogen-bond donors (Lipinski definition) is 2. The van der Waals surface area contributed by atoms with Crippen LogP contribution in [0.3, 0.4) is 0 Å². The summed E-state index contributed by atoms with van der Waals surface area (Å²) in [5.41, 5.74) is 2.92. The maximum atomic E-state index is 12.6. The Morgan fingerprint density at radius 3 is 2.71 bits per heavy atom. The fourth-order valence-electron chi connectivity index (χ4n) is 4.53. The Kier molecular flexibility index (Phi) is 7.04. The molecule has 4 aromatic rings. The molecule has 1 aliphatic heterocycles. The van der Waals surface area contributed by atoms with Crippen molar-refractivity contribution in [3.8, 4) is 11.4 Å². The first-order chi connectivity index (χ1) is 18.2. The van der Waals surface area contributed by atoms with Crippen molar-refractivity contribution in [1.29, 1.82) is 0 Å². The Morgan fingerprint density at radius 2 is 1.92 bits per heavy atom. The molecule has 2 atom stereocenters. The van der Waals surface area contributed by atoms with E-state index in [1.165, 1.54) is 18.5 Å². The Morgan fingerprint density at radius 1 is 1.11 bits per heavy atom. The van der Waals surface area contributed by atoms with Crippen LogP contribution in [0.5, 0.6) is 0 Å². The average Bonchev–Trinajstić information content (AvgIpc) is 2.91. The molecule has 2 N–H and O–H groups in total. The van der Waals surface area contributed by atoms with Crippen LogP contribution >= 0.6 is 0 Å². The number of rotatable bonds is 6. The van der Waals surface area contributed by atoms with E-state index in [1.54, 1.807) is 6.20 Å². The number of aromatic nitrogens is 4. The molecule has 0 bridgehead atoms. The summed E-state index contributed by atoms with van der Waals surface area (Å²) < 4.78 is 23.5. The molecule has 1 amide bonds. The molecule has 1 fully saturated rings. The number of pyridine rings is 4. The van der Waals surface area contributed by atoms with Gasteiger partial charge in [-0.3, -0.25) is 14.8 Å². The van der Waals surface area contributed by atoms with E-state index >= 15 is 0 Å². The van der Waals surface area contributed by atoms with Crippen molar-refractivity contribution in [2.75, 3.05) is 17.7 Å². The third kappa shape index (κ3) is 5.63. The van der Waals surface area contributed by atoms with Gasteiger partial charge in [0.1, 0.15) is 5.82 Å². The first kappa shape index (κ1) is 25.7. The highest BCUT2D eigenvalue weighted by Gasteiger charge is 2.25. The van der Waals surface area contributed by atoms with Crippen molar-refractivity contribution in [3.63, 3.8) is 0 Å². The minimum absolute atomic E-state index is 0.0178. The molecule has 11 heteroatoms. The van der Waals surface area contributed by atoms with Crippen LogP contribution in [-0.2, 0) is 16.4 Å². The molecule has 4 aromatic heterocycles. The van der Waals surface area contributed by atoms with Crippen LogP contribution in [0.25, 0.3) is 22.3 Å². The summed E-state index contributed by atoms with van der Waals surface area (Å²) in [6.45, 7) is 2.98. The predicted molar refractivity (Wildman–Crippen MR) is 143 cm³/mol. The van der Waals surface area contributed by atoms with Crippen LogP contribution in [0, 0.1) is 0 Å². The van der Waals surface area contributed by atoms with Crippen LogP contribution in [0.2, 0.25) is 0 Å². The van der Waals surface area contributed by atoms with Gasteiger partial charge in [-0.1, -0.05) is 6.07 Å². The van der Waals surface area contributed by atoms with E-state index in [2.05, 4.69) is 27.1 Å². The number of aliphatic hydroxyl groups excluding tert-OH is 1. The van der Waals surface area contributed by atoms with Crippen molar-refractivity contribution < 1.29 is 18.3 Å². The second-order valence-corrected chi connectivity index (χ2v) is 11.5. The molecule has 5 heterocycles. The summed E-state index contributed by atoms with van der Waals surface area (Å²) in [6, 6.07) is 13.0. The molecule has 2 unspecified atom stereocenters. The molecule has 0 aromatic carbocycles. The van der Waals surface area contributed by atoms with Crippen LogP contribution in [0.15, 0.2) is 66.0 Å². The van der Waals surface area contributed by atoms with Gasteiger partial charge in [-0.25, -0.2) is 18.4 Å². The smallest absolute Gasteiger partial charge is 0.253 e. The van der Waals surface area contributed by atoms with E-state index < -0.39 is 15.7 Å². The van der Waals surface area contributed by atoms with Gasteiger partial charge in [-0.2, -0.15) is 0 Å². The summed E-state index contributed by atoms with van der Waals surface area (Å²) in [5, 5.41) is 13.6. The minimum atomic E-state index is -3.47. The molecule has 5 rings (SSSR count). The zero-order chi connectivity index (χ0) is 26.9. The lowest BCUT2D eigenvalue weighted by Crippen LogP contribution is -2.43. The van der Waals surface area contributed by atoms with Gasteiger partial charge in [0.2, 0.25) is 0 Å². The molecule has 1 saturated heterocycles. The zero-order valence-corrected chi connectivity index (χ0v) is 21.9. The molecule has 0 aliphatic carbocycles. The number of aliphatic hydroxyl groups is 1. The van der Waals surface area contributed by atoms with Gasteiger partial charge in [-0.15, -0.1) is 0 Å². The fraction of sp³-hybridized carbons (Fsp3) is 0.296. The second kappa shape index (κ2) is 10.4. The summed E-state index contributed by atoms with van der Waals surface area (Å²) in [4.78, 5) is 32.7. The Bertz CT molecular complexity index is 1610. The molecule has 0 spiro atoms. The van der Waals surface area contributed by atoms with E-state index in [9.17, 15) is 18.3 Å². The number of sulfone groups is 1. The third-order valence-electron chi connectivity index (χ3n) is 6.60. The number of amides is 1. The number of fused-ring (bicyclic) bond motifs is 1. The number of piperidine rings is 1. The highest BCUT2D eigenvalue weighted by atomic mass is 32.2. The molecule has 0 radical (unpaired) electrons. The van der Waals surface area contributed by atoms with E-state index in [1.807, 2.05) is 36.4 Å². The quantitative estimate of drug-likeness (QED) is 0.384. The topological polar surface area (TPSA) is 138 Å². The number of hydrogen-bond acceptors (Lipinski definition) is 9. The van der Waals surface area contributed by atoms with Gasteiger partial charge < -0.3 is 15.3 Å². The van der Waals surface area contributed by atoms with Crippen molar-refractivity contribution in [2.45, 2.75) is 43.4 Å². The van der Waals surface area contributed by atoms with Crippen molar-refractivity contribution >= 4 is 32.5 Å². The maximum Gasteiger partial charge on any atom is 0.253 e. The molecular formula is C27H28N6O4S. The molecule has 10 nitrogen and oxygen atoms in total. The predicted octanol–water partition coefficient (Wildman–Crippen LogP) is 2.77. The van der Waals surface area contributed by atoms with Gasteiger partial charge in [0.15, 0.2) is 9.84 Å². The summed E-state index contributed by atoms with van der Waals surface area (Å²) in [6.07, 6.45) is 6.46. The second-order valence-electron chi connectivity index (χ2n) is 9.53. The van der Waals surface area contributed by atoms with E-state index in [-0.39, 0.29) is 29.1 Å². The first-order valence-electron chi connectivity index (χ1n) is 12.3. The molecule has 196 valence electrons. The fourth-order valence-corrected chi connectivity index (χ4v) is 5.12. The molecular weight excluding hydrogens is 504 g/mol. The first-order valence-corrected chi connectivity index (χ1v) is 14.2. The monoisotopic (exact) mass is 532 g/mol. The van der Waals surface area contributed by atoms with Gasteiger partial charge in [0.05, 0.1) is 45.7 Å². The lowest BCUT2D eigenvalue weighted by molar-refractivity contribution is 0.0949. The third-order valence-corrected chi connectivity index (χ3v) is 7.68. The number of anilines is 1. The Labute approximate surface area is 220 Å².